The van der Waals surface area contributed by atoms with Crippen LogP contribution in [0.2, 0.25) is 5.02 Å². The summed E-state index contributed by atoms with van der Waals surface area (Å²) in [7, 11) is 1.66. The molecule has 1 aromatic heterocycles. The lowest BCUT2D eigenvalue weighted by Gasteiger charge is -2.25. The predicted octanol–water partition coefficient (Wildman–Crippen LogP) is 2.01. The van der Waals surface area contributed by atoms with E-state index in [-0.39, 0.29) is 24.5 Å². The Hall–Kier alpha value is -1.57. The van der Waals surface area contributed by atoms with Crippen molar-refractivity contribution in [3.8, 4) is 0 Å². The monoisotopic (exact) mass is 405 g/mol. The van der Waals surface area contributed by atoms with Crippen LogP contribution in [0.15, 0.2) is 36.5 Å². The van der Waals surface area contributed by atoms with E-state index in [4.69, 9.17) is 16.3 Å². The molecule has 152 valence electrons. The SMILES string of the molecule is COCCc1nccc(C[C@@H]2[C@@H](CO)[C@H](O)C[C@H]2NCc2cccc(Cl)c2)n1. The van der Waals surface area contributed by atoms with Gasteiger partial charge in [-0.2, -0.15) is 0 Å². The van der Waals surface area contributed by atoms with Gasteiger partial charge in [0.25, 0.3) is 0 Å². The lowest BCUT2D eigenvalue weighted by molar-refractivity contribution is 0.0716. The zero-order valence-electron chi connectivity index (χ0n) is 16.1. The van der Waals surface area contributed by atoms with Crippen molar-refractivity contribution in [3.63, 3.8) is 0 Å². The van der Waals surface area contributed by atoms with E-state index in [1.54, 1.807) is 13.3 Å². The summed E-state index contributed by atoms with van der Waals surface area (Å²) >= 11 is 6.07. The summed E-state index contributed by atoms with van der Waals surface area (Å²) in [6.07, 6.45) is 3.19. The van der Waals surface area contributed by atoms with E-state index in [0.29, 0.717) is 37.4 Å². The highest BCUT2D eigenvalue weighted by Gasteiger charge is 2.41. The summed E-state index contributed by atoms with van der Waals surface area (Å²) in [6.45, 7) is 1.20. The Kier molecular flexibility index (Phi) is 7.76. The van der Waals surface area contributed by atoms with Crippen molar-refractivity contribution in [3.05, 3.63) is 58.6 Å². The molecule has 0 spiro atoms. The third kappa shape index (κ3) is 5.49. The second-order valence-corrected chi connectivity index (χ2v) is 7.78. The van der Waals surface area contributed by atoms with Crippen LogP contribution in [0.25, 0.3) is 0 Å². The number of nitrogens with zero attached hydrogens (tertiary/aromatic N) is 2. The highest BCUT2D eigenvalue weighted by Crippen LogP contribution is 2.35. The Balaban J connectivity index is 1.69. The van der Waals surface area contributed by atoms with Gasteiger partial charge in [0, 0.05) is 55.6 Å². The van der Waals surface area contributed by atoms with E-state index in [1.807, 2.05) is 30.3 Å². The average Bonchev–Trinajstić information content (AvgIpc) is 2.99. The fourth-order valence-corrected chi connectivity index (χ4v) is 4.20. The molecule has 7 heteroatoms. The molecular formula is C21H28ClN3O3. The molecule has 3 N–H and O–H groups in total. The maximum Gasteiger partial charge on any atom is 0.130 e. The summed E-state index contributed by atoms with van der Waals surface area (Å²) in [5.41, 5.74) is 2.02. The second-order valence-electron chi connectivity index (χ2n) is 7.34. The number of hydrogen-bond donors (Lipinski definition) is 3. The maximum absolute atomic E-state index is 10.4. The van der Waals surface area contributed by atoms with Gasteiger partial charge < -0.3 is 20.3 Å². The molecule has 28 heavy (non-hydrogen) atoms. The maximum atomic E-state index is 10.4. The van der Waals surface area contributed by atoms with E-state index in [2.05, 4.69) is 15.3 Å². The first-order valence-electron chi connectivity index (χ1n) is 9.67. The molecule has 0 unspecified atom stereocenters. The van der Waals surface area contributed by atoms with Gasteiger partial charge in [0.15, 0.2) is 0 Å². The van der Waals surface area contributed by atoms with Crippen molar-refractivity contribution in [2.24, 2.45) is 11.8 Å². The van der Waals surface area contributed by atoms with Crippen LogP contribution in [0, 0.1) is 11.8 Å². The van der Waals surface area contributed by atoms with Crippen LogP contribution in [0.3, 0.4) is 0 Å². The number of rotatable bonds is 9. The van der Waals surface area contributed by atoms with Gasteiger partial charge in [0.2, 0.25) is 0 Å². The van der Waals surface area contributed by atoms with Gasteiger partial charge in [0.1, 0.15) is 5.82 Å². The lowest BCUT2D eigenvalue weighted by Crippen LogP contribution is -2.36. The number of aliphatic hydroxyl groups excluding tert-OH is 2. The predicted molar refractivity (Wildman–Crippen MR) is 108 cm³/mol. The molecule has 0 radical (unpaired) electrons. The van der Waals surface area contributed by atoms with Gasteiger partial charge in [-0.05, 0) is 42.5 Å². The first kappa shape index (κ1) is 21.1. The quantitative estimate of drug-likeness (QED) is 0.591. The molecular weight excluding hydrogens is 378 g/mol. The molecule has 1 heterocycles. The number of ether oxygens (including phenoxy) is 1. The summed E-state index contributed by atoms with van der Waals surface area (Å²) in [6, 6.07) is 9.73. The van der Waals surface area contributed by atoms with Crippen molar-refractivity contribution in [2.75, 3.05) is 20.3 Å². The highest BCUT2D eigenvalue weighted by molar-refractivity contribution is 6.30. The Bertz CT molecular complexity index is 761. The van der Waals surface area contributed by atoms with E-state index < -0.39 is 6.10 Å². The molecule has 0 bridgehead atoms. The van der Waals surface area contributed by atoms with E-state index in [1.165, 1.54) is 0 Å². The van der Waals surface area contributed by atoms with Crippen LogP contribution < -0.4 is 5.32 Å². The van der Waals surface area contributed by atoms with Gasteiger partial charge in [-0.1, -0.05) is 23.7 Å². The minimum absolute atomic E-state index is 0.0389. The number of nitrogens with one attached hydrogen (secondary N) is 1. The molecule has 3 rings (SSSR count). The Morgan fingerprint density at radius 2 is 2.14 bits per heavy atom. The van der Waals surface area contributed by atoms with Crippen molar-refractivity contribution < 1.29 is 14.9 Å². The van der Waals surface area contributed by atoms with Crippen molar-refractivity contribution in [1.29, 1.82) is 0 Å². The number of methoxy groups -OCH3 is 1. The van der Waals surface area contributed by atoms with Crippen molar-refractivity contribution in [1.82, 2.24) is 15.3 Å². The van der Waals surface area contributed by atoms with E-state index >= 15 is 0 Å². The molecule has 0 amide bonds. The van der Waals surface area contributed by atoms with Crippen molar-refractivity contribution in [2.45, 2.75) is 38.0 Å². The van der Waals surface area contributed by atoms with Crippen LogP contribution in [-0.2, 0) is 24.1 Å². The van der Waals surface area contributed by atoms with Crippen LogP contribution in [-0.4, -0.2) is 52.7 Å². The standard InChI is InChI=1S/C21H28ClN3O3/c1-28-8-6-21-23-7-5-16(25-21)10-17-18(13-26)20(27)11-19(17)24-12-14-3-2-4-15(22)9-14/h2-5,7,9,17-20,24,26-27H,6,8,10-13H2,1H3/t17-,18-,19-,20-/m1/s1. The van der Waals surface area contributed by atoms with E-state index in [0.717, 1.165) is 17.1 Å². The number of aliphatic hydroxyl groups is 2. The largest absolute Gasteiger partial charge is 0.396 e. The van der Waals surface area contributed by atoms with Gasteiger partial charge in [-0.25, -0.2) is 9.97 Å². The summed E-state index contributed by atoms with van der Waals surface area (Å²) < 4.78 is 5.10. The zero-order valence-corrected chi connectivity index (χ0v) is 16.8. The average molecular weight is 406 g/mol. The molecule has 1 aromatic carbocycles. The van der Waals surface area contributed by atoms with Crippen LogP contribution in [0.5, 0.6) is 0 Å². The molecule has 6 nitrogen and oxygen atoms in total. The third-order valence-electron chi connectivity index (χ3n) is 5.46. The number of hydrogen-bond acceptors (Lipinski definition) is 6. The summed E-state index contributed by atoms with van der Waals surface area (Å²) in [5, 5.41) is 24.5. The number of benzene rings is 1. The second kappa shape index (κ2) is 10.3. The molecule has 1 saturated carbocycles. The molecule has 1 aliphatic carbocycles. The normalized spacial score (nSPS) is 24.6. The molecule has 2 aromatic rings. The van der Waals surface area contributed by atoms with Crippen LogP contribution in [0.4, 0.5) is 0 Å². The fraction of sp³-hybridized carbons (Fsp3) is 0.524. The summed E-state index contributed by atoms with van der Waals surface area (Å²) in [5.74, 6) is 0.667. The molecule has 0 saturated heterocycles. The van der Waals surface area contributed by atoms with Crippen LogP contribution in [0.1, 0.15) is 23.5 Å². The van der Waals surface area contributed by atoms with Gasteiger partial charge in [0.05, 0.1) is 12.7 Å². The van der Waals surface area contributed by atoms with Crippen molar-refractivity contribution >= 4 is 11.6 Å². The Labute approximate surface area is 170 Å². The third-order valence-corrected chi connectivity index (χ3v) is 5.70. The highest BCUT2D eigenvalue weighted by atomic mass is 35.5. The van der Waals surface area contributed by atoms with Gasteiger partial charge in [-0.15, -0.1) is 0 Å². The molecule has 0 aliphatic heterocycles. The Morgan fingerprint density at radius 3 is 2.89 bits per heavy atom. The molecule has 1 fully saturated rings. The lowest BCUT2D eigenvalue weighted by atomic mass is 9.88. The first-order chi connectivity index (χ1) is 13.6. The van der Waals surface area contributed by atoms with Gasteiger partial charge in [-0.3, -0.25) is 0 Å². The minimum atomic E-state index is -0.526. The van der Waals surface area contributed by atoms with Gasteiger partial charge >= 0.3 is 0 Å². The van der Waals surface area contributed by atoms with E-state index in [9.17, 15) is 10.2 Å². The number of aromatic nitrogens is 2. The molecule has 1 aliphatic rings. The smallest absolute Gasteiger partial charge is 0.130 e. The molecule has 4 atom stereocenters. The Morgan fingerprint density at radius 1 is 1.29 bits per heavy atom. The topological polar surface area (TPSA) is 87.5 Å². The zero-order chi connectivity index (χ0) is 19.9. The fourth-order valence-electron chi connectivity index (χ4n) is 3.98. The summed E-state index contributed by atoms with van der Waals surface area (Å²) in [4.78, 5) is 8.92. The number of halogens is 1. The minimum Gasteiger partial charge on any atom is -0.396 e. The van der Waals surface area contributed by atoms with Crippen LogP contribution >= 0.6 is 11.6 Å². The first-order valence-corrected chi connectivity index (χ1v) is 10.0.